The van der Waals surface area contributed by atoms with Crippen molar-refractivity contribution in [2.75, 3.05) is 44.2 Å². The summed E-state index contributed by atoms with van der Waals surface area (Å²) in [7, 11) is 0. The van der Waals surface area contributed by atoms with Gasteiger partial charge in [0.1, 0.15) is 5.82 Å². The number of para-hydroxylation sites is 1. The number of fused-ring (bicyclic) bond motifs is 1. The number of benzene rings is 2. The van der Waals surface area contributed by atoms with E-state index in [2.05, 4.69) is 41.1 Å². The lowest BCUT2D eigenvalue weighted by molar-refractivity contribution is -0.117. The smallest absolute Gasteiger partial charge is 0.248 e. The monoisotopic (exact) mass is 453 g/mol. The highest BCUT2D eigenvalue weighted by atomic mass is 32.2. The largest absolute Gasteiger partial charge is 0.367 e. The van der Waals surface area contributed by atoms with Crippen molar-refractivity contribution < 1.29 is 9.18 Å². The standard InChI is InChI=1S/C26H32FN3OS/c1-26(2)21(19-20-9-3-6-12-24(20)32-26)25(31)28-13-7-8-14-29-15-17-30(18-16-29)23-11-5-4-10-22(23)27/h3-6,9-12,19H,7-8,13-18H2,1-2H3,(H,28,31). The predicted molar refractivity (Wildman–Crippen MR) is 132 cm³/mol. The van der Waals surface area contributed by atoms with Crippen LogP contribution >= 0.6 is 11.8 Å². The van der Waals surface area contributed by atoms with Crippen LogP contribution in [-0.4, -0.2) is 54.8 Å². The van der Waals surface area contributed by atoms with Crippen molar-refractivity contribution in [1.29, 1.82) is 0 Å². The van der Waals surface area contributed by atoms with Crippen LogP contribution in [-0.2, 0) is 4.79 Å². The molecule has 2 heterocycles. The average molecular weight is 454 g/mol. The Kier molecular flexibility index (Phi) is 7.21. The summed E-state index contributed by atoms with van der Waals surface area (Å²) in [6.07, 6.45) is 4.03. The lowest BCUT2D eigenvalue weighted by atomic mass is 9.97. The highest BCUT2D eigenvalue weighted by molar-refractivity contribution is 8.01. The number of unbranched alkanes of at least 4 members (excludes halogenated alkanes) is 1. The lowest BCUT2D eigenvalue weighted by Crippen LogP contribution is -2.47. The maximum absolute atomic E-state index is 14.0. The van der Waals surface area contributed by atoms with Gasteiger partial charge in [-0.25, -0.2) is 4.39 Å². The van der Waals surface area contributed by atoms with Crippen molar-refractivity contribution >= 4 is 29.4 Å². The fourth-order valence-corrected chi connectivity index (χ4v) is 5.57. The minimum absolute atomic E-state index is 0.0375. The van der Waals surface area contributed by atoms with Crippen LogP contribution in [0, 0.1) is 5.82 Å². The summed E-state index contributed by atoms with van der Waals surface area (Å²) >= 11 is 1.75. The molecule has 170 valence electrons. The minimum atomic E-state index is -0.240. The number of amides is 1. The number of carbonyl (C=O) groups excluding carboxylic acids is 1. The number of anilines is 1. The number of halogens is 1. The van der Waals surface area contributed by atoms with E-state index in [-0.39, 0.29) is 16.5 Å². The van der Waals surface area contributed by atoms with E-state index in [1.54, 1.807) is 17.8 Å². The number of rotatable bonds is 7. The molecule has 1 saturated heterocycles. The zero-order chi connectivity index (χ0) is 22.6. The second-order valence-corrected chi connectivity index (χ2v) is 10.6. The summed E-state index contributed by atoms with van der Waals surface area (Å²) in [4.78, 5) is 18.6. The first kappa shape index (κ1) is 22.9. The lowest BCUT2D eigenvalue weighted by Gasteiger charge is -2.36. The second-order valence-electron chi connectivity index (χ2n) is 8.95. The number of carbonyl (C=O) groups is 1. The third-order valence-corrected chi connectivity index (χ3v) is 7.55. The summed E-state index contributed by atoms with van der Waals surface area (Å²) in [5.41, 5.74) is 2.66. The van der Waals surface area contributed by atoms with Crippen molar-refractivity contribution in [3.8, 4) is 0 Å². The second kappa shape index (κ2) is 10.1. The molecule has 2 aliphatic rings. The van der Waals surface area contributed by atoms with Crippen molar-refractivity contribution in [2.45, 2.75) is 36.3 Å². The molecule has 4 nitrogen and oxygen atoms in total. The molecule has 0 saturated carbocycles. The Morgan fingerprint density at radius 3 is 2.53 bits per heavy atom. The fourth-order valence-electron chi connectivity index (χ4n) is 4.37. The van der Waals surface area contributed by atoms with E-state index in [1.165, 1.54) is 11.0 Å². The van der Waals surface area contributed by atoms with Crippen LogP contribution in [0.2, 0.25) is 0 Å². The number of hydrogen-bond acceptors (Lipinski definition) is 4. The number of nitrogens with zero attached hydrogens (tertiary/aromatic N) is 2. The molecule has 2 aromatic carbocycles. The van der Waals surface area contributed by atoms with E-state index in [4.69, 9.17) is 0 Å². The number of hydrogen-bond donors (Lipinski definition) is 1. The summed E-state index contributed by atoms with van der Waals surface area (Å²) in [5.74, 6) is -0.106. The van der Waals surface area contributed by atoms with E-state index in [9.17, 15) is 9.18 Å². The van der Waals surface area contributed by atoms with Gasteiger partial charge in [0.15, 0.2) is 0 Å². The number of piperazine rings is 1. The SMILES string of the molecule is CC1(C)Sc2ccccc2C=C1C(=O)NCCCCN1CCN(c2ccccc2F)CC1. The summed E-state index contributed by atoms with van der Waals surface area (Å²) in [6.45, 7) is 9.50. The van der Waals surface area contributed by atoms with Crippen LogP contribution in [0.3, 0.4) is 0 Å². The molecule has 32 heavy (non-hydrogen) atoms. The van der Waals surface area contributed by atoms with Gasteiger partial charge in [0.2, 0.25) is 5.91 Å². The van der Waals surface area contributed by atoms with Gasteiger partial charge in [-0.15, -0.1) is 11.8 Å². The van der Waals surface area contributed by atoms with Gasteiger partial charge in [0.25, 0.3) is 0 Å². The van der Waals surface area contributed by atoms with Gasteiger partial charge in [0, 0.05) is 47.9 Å². The van der Waals surface area contributed by atoms with E-state index >= 15 is 0 Å². The molecule has 1 fully saturated rings. The molecule has 0 radical (unpaired) electrons. The van der Waals surface area contributed by atoms with Gasteiger partial charge < -0.3 is 10.2 Å². The van der Waals surface area contributed by atoms with E-state index < -0.39 is 0 Å². The Hall–Kier alpha value is -2.31. The molecule has 6 heteroatoms. The van der Waals surface area contributed by atoms with Gasteiger partial charge in [-0.05, 0) is 63.1 Å². The van der Waals surface area contributed by atoms with E-state index in [0.29, 0.717) is 12.2 Å². The van der Waals surface area contributed by atoms with Crippen molar-refractivity contribution in [3.05, 3.63) is 65.5 Å². The Labute approximate surface area is 194 Å². The van der Waals surface area contributed by atoms with Gasteiger partial charge >= 0.3 is 0 Å². The summed E-state index contributed by atoms with van der Waals surface area (Å²) < 4.78 is 13.7. The van der Waals surface area contributed by atoms with Crippen LogP contribution in [0.1, 0.15) is 32.3 Å². The van der Waals surface area contributed by atoms with Crippen molar-refractivity contribution in [1.82, 2.24) is 10.2 Å². The molecule has 0 aromatic heterocycles. The zero-order valence-corrected chi connectivity index (χ0v) is 19.8. The molecule has 2 aromatic rings. The van der Waals surface area contributed by atoms with E-state index in [0.717, 1.165) is 56.7 Å². The average Bonchev–Trinajstić information content (AvgIpc) is 2.78. The number of nitrogens with one attached hydrogen (secondary N) is 1. The van der Waals surface area contributed by atoms with Crippen LogP contribution in [0.25, 0.3) is 6.08 Å². The minimum Gasteiger partial charge on any atom is -0.367 e. The Balaban J connectivity index is 1.18. The summed E-state index contributed by atoms with van der Waals surface area (Å²) in [5, 5.41) is 3.12. The highest BCUT2D eigenvalue weighted by Crippen LogP contribution is 2.44. The van der Waals surface area contributed by atoms with Gasteiger partial charge in [-0.1, -0.05) is 30.3 Å². The van der Waals surface area contributed by atoms with Crippen LogP contribution < -0.4 is 10.2 Å². The molecule has 2 aliphatic heterocycles. The maximum atomic E-state index is 14.0. The maximum Gasteiger partial charge on any atom is 0.248 e. The first-order valence-electron chi connectivity index (χ1n) is 11.4. The zero-order valence-electron chi connectivity index (χ0n) is 18.9. The normalized spacial score (nSPS) is 18.1. The molecule has 0 aliphatic carbocycles. The predicted octanol–water partition coefficient (Wildman–Crippen LogP) is 4.81. The third-order valence-electron chi connectivity index (χ3n) is 6.23. The molecule has 1 N–H and O–H groups in total. The first-order valence-corrected chi connectivity index (χ1v) is 12.3. The molecule has 1 amide bonds. The molecular formula is C26H32FN3OS. The molecule has 4 rings (SSSR count). The molecular weight excluding hydrogens is 421 g/mol. The van der Waals surface area contributed by atoms with Crippen molar-refractivity contribution in [2.24, 2.45) is 0 Å². The third kappa shape index (κ3) is 5.36. The Morgan fingerprint density at radius 2 is 1.75 bits per heavy atom. The highest BCUT2D eigenvalue weighted by Gasteiger charge is 2.33. The van der Waals surface area contributed by atoms with Crippen LogP contribution in [0.4, 0.5) is 10.1 Å². The molecule has 0 unspecified atom stereocenters. The molecule has 0 bridgehead atoms. The quantitative estimate of drug-likeness (QED) is 0.610. The van der Waals surface area contributed by atoms with Crippen molar-refractivity contribution in [3.63, 3.8) is 0 Å². The molecule has 0 spiro atoms. The fraction of sp³-hybridized carbons (Fsp3) is 0.423. The summed E-state index contributed by atoms with van der Waals surface area (Å²) in [6, 6.07) is 15.2. The Bertz CT molecular complexity index is 983. The number of thioether (sulfide) groups is 1. The van der Waals surface area contributed by atoms with Gasteiger partial charge in [0.05, 0.1) is 5.69 Å². The van der Waals surface area contributed by atoms with Gasteiger partial charge in [-0.2, -0.15) is 0 Å². The van der Waals surface area contributed by atoms with Crippen LogP contribution in [0.5, 0.6) is 0 Å². The van der Waals surface area contributed by atoms with Gasteiger partial charge in [-0.3, -0.25) is 9.69 Å². The Morgan fingerprint density at radius 1 is 1.03 bits per heavy atom. The first-order chi connectivity index (χ1) is 15.4. The molecule has 0 atom stereocenters. The van der Waals surface area contributed by atoms with Crippen LogP contribution in [0.15, 0.2) is 59.0 Å². The van der Waals surface area contributed by atoms with E-state index in [1.807, 2.05) is 30.3 Å². The topological polar surface area (TPSA) is 35.6 Å².